The largest absolute Gasteiger partial charge is 0.297 e. The zero-order valence-electron chi connectivity index (χ0n) is 18.5. The van der Waals surface area contributed by atoms with Gasteiger partial charge < -0.3 is 0 Å². The second kappa shape index (κ2) is 8.34. The van der Waals surface area contributed by atoms with E-state index >= 15 is 0 Å². The summed E-state index contributed by atoms with van der Waals surface area (Å²) in [6.45, 7) is 2.75. The lowest BCUT2D eigenvalue weighted by Gasteiger charge is -2.33. The van der Waals surface area contributed by atoms with Gasteiger partial charge in [-0.05, 0) is 43.1 Å². The number of benzene rings is 2. The predicted octanol–water partition coefficient (Wildman–Crippen LogP) is 3.98. The molecule has 0 amide bonds. The number of aromatic amines is 1. The minimum Gasteiger partial charge on any atom is -0.297 e. The van der Waals surface area contributed by atoms with Crippen LogP contribution < -0.4 is 0 Å². The average molecular weight is 473 g/mol. The SMILES string of the molecule is O=S(=O)(c1ccccc1)c1nc2nccc2c2c1n[nH]n2C1CCCN(Cc2ccccc2)C1. The summed E-state index contributed by atoms with van der Waals surface area (Å²) in [5.74, 6) is 0. The van der Waals surface area contributed by atoms with E-state index in [9.17, 15) is 8.42 Å². The third-order valence-corrected chi connectivity index (χ3v) is 8.17. The molecule has 3 aromatic heterocycles. The molecule has 6 rings (SSSR count). The van der Waals surface area contributed by atoms with Crippen LogP contribution in [0.3, 0.4) is 0 Å². The average Bonchev–Trinajstić information content (AvgIpc) is 3.52. The topological polar surface area (TPSA) is 96.8 Å². The lowest BCUT2D eigenvalue weighted by Crippen LogP contribution is -2.36. The van der Waals surface area contributed by atoms with Gasteiger partial charge in [-0.25, -0.2) is 23.6 Å². The molecule has 4 heterocycles. The maximum absolute atomic E-state index is 13.5. The zero-order valence-corrected chi connectivity index (χ0v) is 19.3. The smallest absolute Gasteiger partial charge is 0.226 e. The fourth-order valence-electron chi connectivity index (χ4n) is 4.87. The molecule has 1 aliphatic rings. The molecule has 34 heavy (non-hydrogen) atoms. The molecule has 172 valence electrons. The number of nitrogens with zero attached hydrogens (tertiary/aromatic N) is 5. The molecule has 1 N–H and O–H groups in total. The molecule has 1 atom stereocenters. The van der Waals surface area contributed by atoms with Crippen LogP contribution in [0.1, 0.15) is 24.4 Å². The van der Waals surface area contributed by atoms with Crippen LogP contribution in [-0.4, -0.2) is 51.4 Å². The first-order chi connectivity index (χ1) is 16.6. The summed E-state index contributed by atoms with van der Waals surface area (Å²) in [5, 5.41) is 8.33. The van der Waals surface area contributed by atoms with Gasteiger partial charge >= 0.3 is 0 Å². The molecule has 1 unspecified atom stereocenters. The summed E-state index contributed by atoms with van der Waals surface area (Å²) >= 11 is 0. The van der Waals surface area contributed by atoms with E-state index in [4.69, 9.17) is 0 Å². The molecule has 2 aromatic carbocycles. The molecule has 1 saturated heterocycles. The summed E-state index contributed by atoms with van der Waals surface area (Å²) in [4.78, 5) is 11.4. The number of hydrogen-bond donors (Lipinski definition) is 1. The van der Waals surface area contributed by atoms with E-state index in [-0.39, 0.29) is 16.0 Å². The molecule has 0 bridgehead atoms. The Balaban J connectivity index is 1.44. The van der Waals surface area contributed by atoms with Gasteiger partial charge in [0.1, 0.15) is 11.0 Å². The van der Waals surface area contributed by atoms with Gasteiger partial charge in [-0.15, -0.1) is 0 Å². The van der Waals surface area contributed by atoms with E-state index in [1.54, 1.807) is 36.5 Å². The molecule has 1 aliphatic heterocycles. The number of piperidine rings is 1. The second-order valence-corrected chi connectivity index (χ2v) is 10.6. The minimum absolute atomic E-state index is 0.0631. The van der Waals surface area contributed by atoms with Crippen LogP contribution in [0.25, 0.3) is 22.1 Å². The highest BCUT2D eigenvalue weighted by atomic mass is 32.2. The van der Waals surface area contributed by atoms with Crippen molar-refractivity contribution < 1.29 is 8.42 Å². The van der Waals surface area contributed by atoms with Gasteiger partial charge in [-0.1, -0.05) is 48.5 Å². The van der Waals surface area contributed by atoms with Crippen LogP contribution in [0, 0.1) is 0 Å². The summed E-state index contributed by atoms with van der Waals surface area (Å²) in [5.41, 5.74) is 2.79. The van der Waals surface area contributed by atoms with Gasteiger partial charge in [-0.2, -0.15) is 5.10 Å². The number of sulfone groups is 1. The molecule has 0 aliphatic carbocycles. The van der Waals surface area contributed by atoms with E-state index < -0.39 is 9.84 Å². The van der Waals surface area contributed by atoms with Crippen molar-refractivity contribution in [3.8, 4) is 0 Å². The van der Waals surface area contributed by atoms with Crippen LogP contribution in [0.15, 0.2) is 82.8 Å². The molecule has 1 fully saturated rings. The normalized spacial score (nSPS) is 17.5. The molecular formula is C25H24N6O2S. The van der Waals surface area contributed by atoms with Crippen molar-refractivity contribution >= 4 is 31.9 Å². The Bertz CT molecular complexity index is 1560. The number of nitrogens with one attached hydrogen (secondary N) is 1. The highest BCUT2D eigenvalue weighted by molar-refractivity contribution is 7.91. The Labute approximate surface area is 197 Å². The van der Waals surface area contributed by atoms with Crippen molar-refractivity contribution in [2.45, 2.75) is 35.3 Å². The Morgan fingerprint density at radius 2 is 1.76 bits per heavy atom. The fourth-order valence-corrected chi connectivity index (χ4v) is 6.21. The summed E-state index contributed by atoms with van der Waals surface area (Å²) in [7, 11) is -3.86. The highest BCUT2D eigenvalue weighted by Gasteiger charge is 2.30. The van der Waals surface area contributed by atoms with Crippen molar-refractivity contribution in [3.63, 3.8) is 0 Å². The van der Waals surface area contributed by atoms with E-state index in [0.717, 1.165) is 43.4 Å². The third kappa shape index (κ3) is 3.57. The standard InChI is InChI=1S/C25H24N6O2S/c32-34(33,20-11-5-2-6-12-20)25-22-23(21-13-14-26-24(21)27-25)31(29-28-22)19-10-7-15-30(17-19)16-18-8-3-1-4-9-18/h1-6,8-9,11-14,19,29H,7,10,15-17H2. The van der Waals surface area contributed by atoms with Gasteiger partial charge in [-0.3, -0.25) is 9.58 Å². The highest BCUT2D eigenvalue weighted by Crippen LogP contribution is 2.33. The number of H-pyrrole nitrogens is 1. The van der Waals surface area contributed by atoms with E-state index in [1.807, 2.05) is 16.8 Å². The number of rotatable bonds is 5. The monoisotopic (exact) mass is 472 g/mol. The van der Waals surface area contributed by atoms with E-state index in [0.29, 0.717) is 11.2 Å². The number of pyridine rings is 1. The van der Waals surface area contributed by atoms with Crippen LogP contribution >= 0.6 is 0 Å². The first kappa shape index (κ1) is 21.0. The summed E-state index contributed by atoms with van der Waals surface area (Å²) in [6, 6.07) is 20.8. The number of hydrogen-bond acceptors (Lipinski definition) is 6. The fraction of sp³-hybridized carbons (Fsp3) is 0.240. The Kier molecular flexibility index (Phi) is 5.15. The van der Waals surface area contributed by atoms with Crippen molar-refractivity contribution in [1.29, 1.82) is 0 Å². The van der Waals surface area contributed by atoms with E-state index in [2.05, 4.69) is 49.4 Å². The molecule has 9 heteroatoms. The molecular weight excluding hydrogens is 448 g/mol. The molecule has 0 saturated carbocycles. The van der Waals surface area contributed by atoms with Gasteiger partial charge in [0, 0.05) is 24.7 Å². The lowest BCUT2D eigenvalue weighted by atomic mass is 10.0. The first-order valence-electron chi connectivity index (χ1n) is 11.4. The number of likely N-dealkylation sites (tertiary alicyclic amines) is 1. The van der Waals surface area contributed by atoms with Crippen LogP contribution in [-0.2, 0) is 16.4 Å². The zero-order chi connectivity index (χ0) is 23.1. The van der Waals surface area contributed by atoms with Gasteiger partial charge in [0.25, 0.3) is 0 Å². The summed E-state index contributed by atoms with van der Waals surface area (Å²) < 4.78 is 29.0. The first-order valence-corrected chi connectivity index (χ1v) is 12.9. The Morgan fingerprint density at radius 1 is 1.00 bits per heavy atom. The maximum Gasteiger partial charge on any atom is 0.226 e. The van der Waals surface area contributed by atoms with Gasteiger partial charge in [0.15, 0.2) is 10.7 Å². The number of aromatic nitrogens is 5. The summed E-state index contributed by atoms with van der Waals surface area (Å²) in [6.07, 6.45) is 3.69. The molecule has 0 radical (unpaired) electrons. The molecule has 5 aromatic rings. The maximum atomic E-state index is 13.5. The molecule has 8 nitrogen and oxygen atoms in total. The lowest BCUT2D eigenvalue weighted by molar-refractivity contribution is 0.164. The van der Waals surface area contributed by atoms with Gasteiger partial charge in [0.05, 0.1) is 10.9 Å². The quantitative estimate of drug-likeness (QED) is 0.416. The van der Waals surface area contributed by atoms with Crippen molar-refractivity contribution in [2.24, 2.45) is 0 Å². The van der Waals surface area contributed by atoms with Gasteiger partial charge in [0.2, 0.25) is 9.84 Å². The minimum atomic E-state index is -3.86. The van der Waals surface area contributed by atoms with Crippen LogP contribution in [0.2, 0.25) is 0 Å². The number of fused-ring (bicyclic) bond motifs is 3. The third-order valence-electron chi connectivity index (χ3n) is 6.48. The molecule has 0 spiro atoms. The van der Waals surface area contributed by atoms with Crippen molar-refractivity contribution in [1.82, 2.24) is 29.9 Å². The van der Waals surface area contributed by atoms with Crippen LogP contribution in [0.4, 0.5) is 0 Å². The second-order valence-electron chi connectivity index (χ2n) is 8.71. The Hall–Kier alpha value is -3.56. The van der Waals surface area contributed by atoms with Crippen molar-refractivity contribution in [3.05, 3.63) is 78.5 Å². The van der Waals surface area contributed by atoms with Crippen LogP contribution in [0.5, 0.6) is 0 Å². The Morgan fingerprint density at radius 3 is 2.56 bits per heavy atom. The predicted molar refractivity (Wildman–Crippen MR) is 129 cm³/mol. The van der Waals surface area contributed by atoms with E-state index in [1.165, 1.54) is 5.56 Å². The van der Waals surface area contributed by atoms with Crippen molar-refractivity contribution in [2.75, 3.05) is 13.1 Å².